The molecule has 1 saturated heterocycles. The van der Waals surface area contributed by atoms with E-state index < -0.39 is 9.84 Å². The predicted molar refractivity (Wildman–Crippen MR) is 132 cm³/mol. The lowest BCUT2D eigenvalue weighted by Gasteiger charge is -2.27. The van der Waals surface area contributed by atoms with Crippen LogP contribution in [0.1, 0.15) is 26.7 Å². The van der Waals surface area contributed by atoms with Crippen molar-refractivity contribution < 1.29 is 17.9 Å². The molecule has 0 radical (unpaired) electrons. The van der Waals surface area contributed by atoms with Crippen molar-refractivity contribution in [2.45, 2.75) is 37.6 Å². The van der Waals surface area contributed by atoms with E-state index in [9.17, 15) is 13.2 Å². The van der Waals surface area contributed by atoms with E-state index in [0.29, 0.717) is 28.5 Å². The Hall–Kier alpha value is -3.79. The number of fused-ring (bicyclic) bond motifs is 1. The Labute approximate surface area is 203 Å². The van der Waals surface area contributed by atoms with Gasteiger partial charge in [0.2, 0.25) is 0 Å². The summed E-state index contributed by atoms with van der Waals surface area (Å²) in [6.07, 6.45) is 6.52. The Bertz CT molecular complexity index is 1480. The van der Waals surface area contributed by atoms with Gasteiger partial charge in [-0.15, -0.1) is 0 Å². The maximum Gasteiger partial charge on any atom is 0.178 e. The number of nitrogens with zero attached hydrogens (tertiary/aromatic N) is 4. The van der Waals surface area contributed by atoms with Crippen LogP contribution in [-0.2, 0) is 14.6 Å². The average Bonchev–Trinajstić information content (AvgIpc) is 3.52. The summed E-state index contributed by atoms with van der Waals surface area (Å²) in [6.45, 7) is 3.95. The average molecular weight is 492 g/mol. The van der Waals surface area contributed by atoms with E-state index in [-0.39, 0.29) is 22.5 Å². The molecule has 1 unspecified atom stereocenters. The van der Waals surface area contributed by atoms with Crippen LogP contribution in [0.25, 0.3) is 22.6 Å². The molecule has 9 nitrogen and oxygen atoms in total. The van der Waals surface area contributed by atoms with Crippen molar-refractivity contribution in [3.8, 4) is 23.0 Å². The molecule has 180 valence electrons. The fourth-order valence-corrected chi connectivity index (χ4v) is 5.25. The SMILES string of the molecule is CCS(=O)(=O)c1ccc(Oc2cc3nc(-c4cnccn4)[nH]c3cc2N2CCCC2C(C)=O)cc1. The third-order valence-electron chi connectivity index (χ3n) is 6.19. The number of aromatic amines is 1. The van der Waals surface area contributed by atoms with Crippen LogP contribution in [0.4, 0.5) is 5.69 Å². The molecule has 10 heteroatoms. The Balaban J connectivity index is 1.58. The maximum absolute atomic E-state index is 12.3. The number of ketones is 1. The lowest BCUT2D eigenvalue weighted by atomic mass is 10.1. The summed E-state index contributed by atoms with van der Waals surface area (Å²) in [5.41, 5.74) is 2.85. The number of Topliss-reactive ketones (excluding diaryl/α,β-unsaturated/α-hetero) is 1. The predicted octanol–water partition coefficient (Wildman–Crippen LogP) is 4.16. The molecule has 4 aromatic rings. The van der Waals surface area contributed by atoms with Gasteiger partial charge < -0.3 is 14.6 Å². The van der Waals surface area contributed by atoms with Gasteiger partial charge in [-0.3, -0.25) is 9.78 Å². The van der Waals surface area contributed by atoms with Crippen LogP contribution in [0.15, 0.2) is 59.9 Å². The number of hydrogen-bond donors (Lipinski definition) is 1. The first-order valence-electron chi connectivity index (χ1n) is 11.4. The number of rotatable bonds is 7. The molecule has 35 heavy (non-hydrogen) atoms. The van der Waals surface area contributed by atoms with Crippen LogP contribution < -0.4 is 9.64 Å². The summed E-state index contributed by atoms with van der Waals surface area (Å²) >= 11 is 0. The topological polar surface area (TPSA) is 118 Å². The van der Waals surface area contributed by atoms with Crippen molar-refractivity contribution in [1.29, 1.82) is 0 Å². The van der Waals surface area contributed by atoms with Gasteiger partial charge in [-0.05, 0) is 50.1 Å². The normalized spacial score (nSPS) is 16.1. The Morgan fingerprint density at radius 2 is 2.00 bits per heavy atom. The lowest BCUT2D eigenvalue weighted by molar-refractivity contribution is -0.118. The van der Waals surface area contributed by atoms with Crippen LogP contribution in [-0.4, -0.2) is 52.5 Å². The first kappa shape index (κ1) is 23.0. The number of anilines is 1. The maximum atomic E-state index is 12.3. The van der Waals surface area contributed by atoms with E-state index in [1.54, 1.807) is 56.7 Å². The summed E-state index contributed by atoms with van der Waals surface area (Å²) in [5.74, 6) is 1.74. The van der Waals surface area contributed by atoms with E-state index in [1.807, 2.05) is 12.1 Å². The number of benzene rings is 2. The van der Waals surface area contributed by atoms with E-state index >= 15 is 0 Å². The third kappa shape index (κ3) is 4.49. The van der Waals surface area contributed by atoms with Crippen molar-refractivity contribution >= 4 is 32.3 Å². The first-order valence-corrected chi connectivity index (χ1v) is 13.1. The first-order chi connectivity index (χ1) is 16.9. The Morgan fingerprint density at radius 3 is 2.69 bits per heavy atom. The van der Waals surface area contributed by atoms with Gasteiger partial charge in [-0.1, -0.05) is 6.92 Å². The van der Waals surface area contributed by atoms with Crippen molar-refractivity contribution in [2.24, 2.45) is 0 Å². The molecule has 1 N–H and O–H groups in total. The monoisotopic (exact) mass is 491 g/mol. The highest BCUT2D eigenvalue weighted by Gasteiger charge is 2.31. The Morgan fingerprint density at radius 1 is 1.20 bits per heavy atom. The second kappa shape index (κ2) is 9.10. The third-order valence-corrected chi connectivity index (χ3v) is 7.94. The van der Waals surface area contributed by atoms with Gasteiger partial charge in [-0.25, -0.2) is 18.4 Å². The van der Waals surface area contributed by atoms with Gasteiger partial charge >= 0.3 is 0 Å². The van der Waals surface area contributed by atoms with Gasteiger partial charge in [0, 0.05) is 25.0 Å². The van der Waals surface area contributed by atoms with Crippen molar-refractivity contribution in [1.82, 2.24) is 19.9 Å². The quantitative estimate of drug-likeness (QED) is 0.409. The van der Waals surface area contributed by atoms with Crippen molar-refractivity contribution in [3.05, 3.63) is 55.0 Å². The van der Waals surface area contributed by atoms with Crippen LogP contribution in [0.3, 0.4) is 0 Å². The van der Waals surface area contributed by atoms with Crippen LogP contribution in [0, 0.1) is 0 Å². The van der Waals surface area contributed by atoms with Crippen molar-refractivity contribution in [3.63, 3.8) is 0 Å². The minimum Gasteiger partial charge on any atom is -0.455 e. The van der Waals surface area contributed by atoms with Crippen LogP contribution in [0.2, 0.25) is 0 Å². The summed E-state index contributed by atoms with van der Waals surface area (Å²) in [6, 6.07) is 9.90. The zero-order chi connectivity index (χ0) is 24.6. The lowest BCUT2D eigenvalue weighted by Crippen LogP contribution is -2.34. The molecular formula is C25H25N5O4S. The second-order valence-electron chi connectivity index (χ2n) is 8.45. The van der Waals surface area contributed by atoms with Gasteiger partial charge in [-0.2, -0.15) is 0 Å². The van der Waals surface area contributed by atoms with Gasteiger partial charge in [0.05, 0.1) is 39.6 Å². The molecule has 0 bridgehead atoms. The number of hydrogen-bond acceptors (Lipinski definition) is 8. The fourth-order valence-electron chi connectivity index (χ4n) is 4.36. The molecule has 3 heterocycles. The molecule has 1 atom stereocenters. The molecule has 1 aliphatic heterocycles. The largest absolute Gasteiger partial charge is 0.455 e. The number of imidazole rings is 1. The van der Waals surface area contributed by atoms with Crippen LogP contribution in [0.5, 0.6) is 11.5 Å². The highest BCUT2D eigenvalue weighted by Crippen LogP contribution is 2.40. The molecule has 2 aromatic heterocycles. The standard InChI is InChI=1S/C25H25N5O4S/c1-3-35(32,33)18-8-6-17(7-9-18)34-24-14-20-19(28-25(29-20)21-15-26-10-11-27-21)13-23(24)30-12-4-5-22(30)16(2)31/h6-11,13-15,22H,3-5,12H2,1-2H3,(H,28,29). The zero-order valence-electron chi connectivity index (χ0n) is 19.4. The number of H-pyrrole nitrogens is 1. The highest BCUT2D eigenvalue weighted by molar-refractivity contribution is 7.91. The van der Waals surface area contributed by atoms with E-state index in [4.69, 9.17) is 4.74 Å². The summed E-state index contributed by atoms with van der Waals surface area (Å²) in [7, 11) is -3.30. The molecule has 0 aliphatic carbocycles. The highest BCUT2D eigenvalue weighted by atomic mass is 32.2. The number of ether oxygens (including phenoxy) is 1. The molecule has 1 aliphatic rings. The molecule has 0 amide bonds. The number of nitrogens with one attached hydrogen (secondary N) is 1. The minimum atomic E-state index is -3.30. The smallest absolute Gasteiger partial charge is 0.178 e. The molecule has 1 fully saturated rings. The van der Waals surface area contributed by atoms with E-state index in [1.165, 1.54) is 0 Å². The van der Waals surface area contributed by atoms with Gasteiger partial charge in [0.15, 0.2) is 27.2 Å². The minimum absolute atomic E-state index is 0.0305. The molecular weight excluding hydrogens is 466 g/mol. The number of aromatic nitrogens is 4. The van der Waals surface area contributed by atoms with Crippen molar-refractivity contribution in [2.75, 3.05) is 17.2 Å². The molecule has 2 aromatic carbocycles. The van der Waals surface area contributed by atoms with Crippen LogP contribution >= 0.6 is 0 Å². The van der Waals surface area contributed by atoms with E-state index in [2.05, 4.69) is 24.8 Å². The fraction of sp³-hybridized carbons (Fsp3) is 0.280. The number of carbonyl (C=O) groups is 1. The van der Waals surface area contributed by atoms with E-state index in [0.717, 1.165) is 30.6 Å². The zero-order valence-corrected chi connectivity index (χ0v) is 20.2. The van der Waals surface area contributed by atoms with Gasteiger partial charge in [0.25, 0.3) is 0 Å². The molecule has 0 spiro atoms. The van der Waals surface area contributed by atoms with Gasteiger partial charge in [0.1, 0.15) is 11.4 Å². The summed E-state index contributed by atoms with van der Waals surface area (Å²) in [4.78, 5) is 31.0. The summed E-state index contributed by atoms with van der Waals surface area (Å²) < 4.78 is 30.6. The molecule has 5 rings (SSSR count). The summed E-state index contributed by atoms with van der Waals surface area (Å²) in [5, 5.41) is 0. The number of sulfone groups is 1. The number of carbonyl (C=O) groups excluding carboxylic acids is 1. The molecule has 0 saturated carbocycles. The second-order valence-corrected chi connectivity index (χ2v) is 10.7. The Kier molecular flexibility index (Phi) is 5.98.